The first-order chi connectivity index (χ1) is 9.69. The van der Waals surface area contributed by atoms with Gasteiger partial charge in [-0.3, -0.25) is 9.32 Å². The molecule has 0 unspecified atom stereocenters. The standard InChI is InChI=1S/C9H13N2O8PS/c10-8(14)3-2-21-9(11-3)7-6(13)5(12)4(19-7)1-18-20(15,16)17/h2,4-7,12-13H,1H2,(H2,10,14)(H2,15,16,17)/t4-,5+,6-,7-/m0/s1. The maximum atomic E-state index is 11.0. The molecule has 1 aliphatic rings. The number of ether oxygens (including phenoxy) is 1. The summed E-state index contributed by atoms with van der Waals surface area (Å²) in [6.45, 7) is -0.604. The first-order valence-electron chi connectivity index (χ1n) is 5.66. The van der Waals surface area contributed by atoms with Gasteiger partial charge in [0.2, 0.25) is 0 Å². The molecule has 2 heterocycles. The summed E-state index contributed by atoms with van der Waals surface area (Å²) < 4.78 is 20.1. The molecule has 1 amide bonds. The number of phosphoric ester groups is 1. The topological polar surface area (TPSA) is 172 Å². The molecule has 1 aliphatic heterocycles. The Morgan fingerprint density at radius 2 is 2.14 bits per heavy atom. The fourth-order valence-corrected chi connectivity index (χ4v) is 3.02. The molecule has 0 spiro atoms. The highest BCUT2D eigenvalue weighted by Gasteiger charge is 2.45. The molecule has 1 saturated heterocycles. The highest BCUT2D eigenvalue weighted by atomic mass is 32.1. The lowest BCUT2D eigenvalue weighted by atomic mass is 10.1. The van der Waals surface area contributed by atoms with Gasteiger partial charge < -0.3 is 30.5 Å². The van der Waals surface area contributed by atoms with Gasteiger partial charge in [-0.05, 0) is 0 Å². The number of phosphoric acid groups is 1. The van der Waals surface area contributed by atoms with Crippen LogP contribution in [0, 0.1) is 0 Å². The predicted octanol–water partition coefficient (Wildman–Crippen LogP) is -1.49. The molecule has 1 aromatic rings. The van der Waals surface area contributed by atoms with E-state index < -0.39 is 44.8 Å². The maximum absolute atomic E-state index is 11.0. The van der Waals surface area contributed by atoms with Crippen molar-refractivity contribution in [2.75, 3.05) is 6.61 Å². The van der Waals surface area contributed by atoms with Gasteiger partial charge in [0.05, 0.1) is 6.61 Å². The Labute approximate surface area is 122 Å². The molecule has 21 heavy (non-hydrogen) atoms. The summed E-state index contributed by atoms with van der Waals surface area (Å²) in [5.74, 6) is -0.744. The van der Waals surface area contributed by atoms with Crippen molar-refractivity contribution in [1.82, 2.24) is 4.98 Å². The normalized spacial score (nSPS) is 29.7. The summed E-state index contributed by atoms with van der Waals surface area (Å²) in [7, 11) is -4.71. The summed E-state index contributed by atoms with van der Waals surface area (Å²) >= 11 is 1.00. The Morgan fingerprint density at radius 3 is 2.67 bits per heavy atom. The first kappa shape index (κ1) is 16.5. The van der Waals surface area contributed by atoms with Crippen LogP contribution >= 0.6 is 19.2 Å². The van der Waals surface area contributed by atoms with Crippen molar-refractivity contribution >= 4 is 25.1 Å². The molecule has 118 valence electrons. The Morgan fingerprint density at radius 1 is 1.48 bits per heavy atom. The van der Waals surface area contributed by atoms with Gasteiger partial charge in [0.25, 0.3) is 5.91 Å². The second kappa shape index (κ2) is 6.07. The van der Waals surface area contributed by atoms with E-state index in [9.17, 15) is 19.6 Å². The molecular formula is C9H13N2O8PS. The van der Waals surface area contributed by atoms with Crippen LogP contribution in [-0.2, 0) is 13.8 Å². The minimum atomic E-state index is -4.71. The third-order valence-corrected chi connectivity index (χ3v) is 4.18. The Hall–Kier alpha value is -0.910. The van der Waals surface area contributed by atoms with Crippen molar-refractivity contribution < 1.29 is 38.6 Å². The van der Waals surface area contributed by atoms with Crippen molar-refractivity contribution in [1.29, 1.82) is 0 Å². The minimum absolute atomic E-state index is 0.00444. The number of carbonyl (C=O) groups is 1. The zero-order valence-corrected chi connectivity index (χ0v) is 12.1. The van der Waals surface area contributed by atoms with E-state index in [0.29, 0.717) is 0 Å². The molecule has 2 rings (SSSR count). The van der Waals surface area contributed by atoms with Crippen LogP contribution in [0.4, 0.5) is 0 Å². The molecule has 0 bridgehead atoms. The summed E-state index contributed by atoms with van der Waals surface area (Å²) in [6.07, 6.45) is -4.97. The largest absolute Gasteiger partial charge is 0.469 e. The Bertz CT molecular complexity index is 574. The van der Waals surface area contributed by atoms with Gasteiger partial charge in [-0.25, -0.2) is 9.55 Å². The van der Waals surface area contributed by atoms with Crippen LogP contribution < -0.4 is 5.73 Å². The van der Waals surface area contributed by atoms with Crippen LogP contribution in [0.3, 0.4) is 0 Å². The second-order valence-corrected chi connectivity index (χ2v) is 6.43. The smallest absolute Gasteiger partial charge is 0.387 e. The molecule has 0 saturated carbocycles. The number of aliphatic hydroxyl groups is 2. The molecule has 0 aliphatic carbocycles. The number of aromatic nitrogens is 1. The van der Waals surface area contributed by atoms with Gasteiger partial charge >= 0.3 is 7.82 Å². The van der Waals surface area contributed by atoms with Gasteiger partial charge in [0.1, 0.15) is 35.1 Å². The van der Waals surface area contributed by atoms with Gasteiger partial charge in [-0.15, -0.1) is 11.3 Å². The average molecular weight is 340 g/mol. The van der Waals surface area contributed by atoms with Crippen LogP contribution in [-0.4, -0.2) is 55.8 Å². The molecule has 1 fully saturated rings. The van der Waals surface area contributed by atoms with Crippen LogP contribution in [0.25, 0.3) is 0 Å². The van der Waals surface area contributed by atoms with E-state index in [1.165, 1.54) is 5.38 Å². The van der Waals surface area contributed by atoms with Crippen LogP contribution in [0.2, 0.25) is 0 Å². The lowest BCUT2D eigenvalue weighted by molar-refractivity contribution is -0.0224. The van der Waals surface area contributed by atoms with Crippen molar-refractivity contribution in [2.45, 2.75) is 24.4 Å². The van der Waals surface area contributed by atoms with Gasteiger partial charge in [0, 0.05) is 5.38 Å². The maximum Gasteiger partial charge on any atom is 0.469 e. The van der Waals surface area contributed by atoms with Crippen molar-refractivity contribution in [3.63, 3.8) is 0 Å². The quantitative estimate of drug-likeness (QED) is 0.400. The fraction of sp³-hybridized carbons (Fsp3) is 0.556. The summed E-state index contributed by atoms with van der Waals surface area (Å²) in [6, 6.07) is 0. The van der Waals surface area contributed by atoms with E-state index in [1.807, 2.05) is 0 Å². The van der Waals surface area contributed by atoms with Crippen LogP contribution in [0.5, 0.6) is 0 Å². The Kier molecular flexibility index (Phi) is 4.76. The lowest BCUT2D eigenvalue weighted by Gasteiger charge is -2.14. The molecule has 1 aromatic heterocycles. The predicted molar refractivity (Wildman–Crippen MR) is 68.3 cm³/mol. The third-order valence-electron chi connectivity index (χ3n) is 2.79. The van der Waals surface area contributed by atoms with E-state index in [1.54, 1.807) is 0 Å². The van der Waals surface area contributed by atoms with Crippen molar-refractivity contribution in [3.8, 4) is 0 Å². The number of thiazole rings is 1. The lowest BCUT2D eigenvalue weighted by Crippen LogP contribution is -2.33. The third kappa shape index (κ3) is 3.84. The van der Waals surface area contributed by atoms with E-state index >= 15 is 0 Å². The number of primary amides is 1. The number of hydrogen-bond acceptors (Lipinski definition) is 8. The zero-order valence-electron chi connectivity index (χ0n) is 10.4. The van der Waals surface area contributed by atoms with E-state index in [-0.39, 0.29) is 10.7 Å². The number of nitrogens with zero attached hydrogens (tertiary/aromatic N) is 1. The molecule has 0 aromatic carbocycles. The van der Waals surface area contributed by atoms with E-state index in [4.69, 9.17) is 20.3 Å². The summed E-state index contributed by atoms with van der Waals surface area (Å²) in [5.41, 5.74) is 5.05. The molecule has 4 atom stereocenters. The summed E-state index contributed by atoms with van der Waals surface area (Å²) in [4.78, 5) is 32.0. The average Bonchev–Trinajstić information content (AvgIpc) is 2.94. The van der Waals surface area contributed by atoms with E-state index in [2.05, 4.69) is 9.51 Å². The number of carbonyl (C=O) groups excluding carboxylic acids is 1. The number of amides is 1. The highest BCUT2D eigenvalue weighted by Crippen LogP contribution is 2.39. The number of nitrogens with two attached hydrogens (primary N) is 1. The monoisotopic (exact) mass is 340 g/mol. The fourth-order valence-electron chi connectivity index (χ4n) is 1.79. The minimum Gasteiger partial charge on any atom is -0.387 e. The van der Waals surface area contributed by atoms with Gasteiger partial charge in [0.15, 0.2) is 0 Å². The van der Waals surface area contributed by atoms with Crippen LogP contribution in [0.1, 0.15) is 21.6 Å². The molecule has 0 radical (unpaired) electrons. The van der Waals surface area contributed by atoms with E-state index in [0.717, 1.165) is 11.3 Å². The van der Waals surface area contributed by atoms with Crippen LogP contribution in [0.15, 0.2) is 5.38 Å². The van der Waals surface area contributed by atoms with Crippen molar-refractivity contribution in [2.24, 2.45) is 5.73 Å². The molecular weight excluding hydrogens is 327 g/mol. The number of hydrogen-bond donors (Lipinski definition) is 5. The summed E-state index contributed by atoms with van der Waals surface area (Å²) in [5, 5.41) is 21.3. The van der Waals surface area contributed by atoms with Gasteiger partial charge in [-0.2, -0.15) is 0 Å². The SMILES string of the molecule is NC(=O)c1csc([C@H]2O[C@@H](COP(=O)(O)O)[C@@H](O)[C@@H]2O)n1. The molecule has 12 heteroatoms. The zero-order chi connectivity index (χ0) is 15.8. The number of aliphatic hydroxyl groups excluding tert-OH is 2. The molecule has 6 N–H and O–H groups in total. The Balaban J connectivity index is 2.08. The molecule has 10 nitrogen and oxygen atoms in total. The van der Waals surface area contributed by atoms with Crippen molar-refractivity contribution in [3.05, 3.63) is 16.1 Å². The second-order valence-electron chi connectivity index (χ2n) is 4.30. The van der Waals surface area contributed by atoms with Gasteiger partial charge in [-0.1, -0.05) is 0 Å². The highest BCUT2D eigenvalue weighted by molar-refractivity contribution is 7.46. The first-order valence-corrected chi connectivity index (χ1v) is 8.07. The number of rotatable bonds is 5.